The third kappa shape index (κ3) is 11.8. The maximum absolute atomic E-state index is 12.9. The second-order valence-corrected chi connectivity index (χ2v) is 14.1. The SMILES string of the molecule is NNC(=O)c1ccc(F)cc1.[C-]#[N+]c1ccc(N[C@@H](C(=O)NNC(=O)c2ccc(F)cc2)[C@@H](C)O)c2ccsc12.[C-]#[N+]c1ccc(N[C@@H](C(=O)O)[C@@H](C)O)c2ccsc12. The van der Waals surface area contributed by atoms with Gasteiger partial charge in [0.15, 0.2) is 6.04 Å². The lowest BCUT2D eigenvalue weighted by Crippen LogP contribution is -2.52. The van der Waals surface area contributed by atoms with Crippen LogP contribution >= 0.6 is 22.7 Å². The first-order valence-electron chi connectivity index (χ1n) is 17.2. The molecule has 6 aromatic rings. The molecule has 0 unspecified atom stereocenters. The average molecular weight is 843 g/mol. The molecule has 2 heterocycles. The number of nitrogens with two attached hydrogens (primary N) is 1. The van der Waals surface area contributed by atoms with Gasteiger partial charge in [-0.3, -0.25) is 30.7 Å². The molecule has 15 nitrogen and oxygen atoms in total. The lowest BCUT2D eigenvalue weighted by molar-refractivity contribution is -0.140. The number of anilines is 2. The van der Waals surface area contributed by atoms with Gasteiger partial charge in [-0.05, 0) is 97.4 Å². The molecule has 0 saturated carbocycles. The summed E-state index contributed by atoms with van der Waals surface area (Å²) in [7, 11) is 0. The van der Waals surface area contributed by atoms with Crippen LogP contribution in [0.1, 0.15) is 34.6 Å². The first-order chi connectivity index (χ1) is 28.2. The minimum absolute atomic E-state index is 0.169. The zero-order valence-corrected chi connectivity index (χ0v) is 32.7. The normalized spacial score (nSPS) is 12.4. The Hall–Kier alpha value is -7.00. The number of benzene rings is 4. The lowest BCUT2D eigenvalue weighted by atomic mass is 10.1. The van der Waals surface area contributed by atoms with E-state index in [0.717, 1.165) is 32.3 Å². The van der Waals surface area contributed by atoms with Crippen molar-refractivity contribution < 1.29 is 43.3 Å². The maximum atomic E-state index is 12.9. The molecule has 0 saturated heterocycles. The summed E-state index contributed by atoms with van der Waals surface area (Å²) in [4.78, 5) is 53.3. The van der Waals surface area contributed by atoms with Crippen molar-refractivity contribution in [2.24, 2.45) is 5.84 Å². The van der Waals surface area contributed by atoms with Gasteiger partial charge in [0.1, 0.15) is 17.7 Å². The molecule has 304 valence electrons. The highest BCUT2D eigenvalue weighted by Gasteiger charge is 2.26. The van der Waals surface area contributed by atoms with Crippen LogP contribution in [0.5, 0.6) is 0 Å². The zero-order valence-electron chi connectivity index (χ0n) is 31.1. The van der Waals surface area contributed by atoms with E-state index in [0.29, 0.717) is 28.3 Å². The van der Waals surface area contributed by atoms with Crippen LogP contribution in [0.25, 0.3) is 29.9 Å². The highest BCUT2D eigenvalue weighted by Crippen LogP contribution is 2.37. The second-order valence-electron chi connectivity index (χ2n) is 12.3. The molecule has 59 heavy (non-hydrogen) atoms. The van der Waals surface area contributed by atoms with Crippen molar-refractivity contribution >= 4 is 89.3 Å². The standard InChI is InChI=1S/C20H17FN4O3S.C13H12N2O3S.C7H7FN2O/c1-11(26)17(20(28)25-24-19(27)12-3-5-13(21)6-4-12)23-15-7-8-16(22-2)18-14(15)9-10-29-18;1-7(16)11(13(17)18)15-9-3-4-10(14-2)12-8(9)5-6-19-12;8-6-3-1-5(2-4-6)7(11)10-9/h3-11,17,23,26H,1H3,(H,24,27)(H,25,28);3-7,11,15-16H,1H3,(H,17,18);1-4H,9H2,(H,10,11)/t11-,17-;7-,11-;/m11./s1. The number of hydrogen-bond donors (Lipinski definition) is 9. The number of nitrogens with one attached hydrogen (secondary N) is 5. The van der Waals surface area contributed by atoms with Crippen LogP contribution in [0.3, 0.4) is 0 Å². The van der Waals surface area contributed by atoms with E-state index in [2.05, 4.69) is 31.2 Å². The van der Waals surface area contributed by atoms with Gasteiger partial charge in [0.25, 0.3) is 17.7 Å². The molecule has 3 amide bonds. The van der Waals surface area contributed by atoms with Crippen molar-refractivity contribution in [2.75, 3.05) is 10.6 Å². The summed E-state index contributed by atoms with van der Waals surface area (Å²) in [5, 5.41) is 39.6. The van der Waals surface area contributed by atoms with E-state index in [1.165, 1.54) is 72.9 Å². The molecule has 4 aromatic carbocycles. The summed E-state index contributed by atoms with van der Waals surface area (Å²) in [6, 6.07) is 18.1. The van der Waals surface area contributed by atoms with E-state index in [9.17, 15) is 38.2 Å². The average Bonchev–Trinajstić information content (AvgIpc) is 3.93. The number of nitrogens with zero attached hydrogens (tertiary/aromatic N) is 2. The van der Waals surface area contributed by atoms with Crippen molar-refractivity contribution in [3.8, 4) is 0 Å². The Kier molecular flexibility index (Phi) is 15.9. The molecule has 10 N–H and O–H groups in total. The molecule has 0 spiro atoms. The molecule has 4 atom stereocenters. The summed E-state index contributed by atoms with van der Waals surface area (Å²) >= 11 is 2.84. The Morgan fingerprint density at radius 2 is 1.07 bits per heavy atom. The van der Waals surface area contributed by atoms with Gasteiger partial charge >= 0.3 is 5.97 Å². The smallest absolute Gasteiger partial charge is 0.328 e. The minimum atomic E-state index is -1.12. The number of hydrogen-bond acceptors (Lipinski definition) is 11. The van der Waals surface area contributed by atoms with Gasteiger partial charge in [0, 0.05) is 42.7 Å². The second kappa shape index (κ2) is 21.0. The van der Waals surface area contributed by atoms with Crippen LogP contribution < -0.4 is 32.8 Å². The number of fused-ring (bicyclic) bond motifs is 2. The van der Waals surface area contributed by atoms with Gasteiger partial charge in [-0.25, -0.2) is 29.1 Å². The minimum Gasteiger partial charge on any atom is -0.480 e. The molecule has 6 rings (SSSR count). The topological polar surface area (TPSA) is 224 Å². The quantitative estimate of drug-likeness (QED) is 0.0322. The van der Waals surface area contributed by atoms with E-state index >= 15 is 0 Å². The summed E-state index contributed by atoms with van der Waals surface area (Å²) in [6.07, 6.45) is -2.10. The first-order valence-corrected chi connectivity index (χ1v) is 18.9. The number of amides is 3. The van der Waals surface area contributed by atoms with Crippen LogP contribution in [0, 0.1) is 24.8 Å². The number of aliphatic hydroxyl groups is 2. The predicted molar refractivity (Wildman–Crippen MR) is 222 cm³/mol. The number of aliphatic carboxylic acids is 1. The van der Waals surface area contributed by atoms with E-state index in [-0.39, 0.29) is 11.4 Å². The van der Waals surface area contributed by atoms with Crippen molar-refractivity contribution in [3.05, 3.63) is 141 Å². The number of carboxylic acids is 1. The highest BCUT2D eigenvalue weighted by atomic mass is 32.1. The number of thiophene rings is 2. The molecular formula is C40H36F2N8O7S2. The van der Waals surface area contributed by atoms with Crippen LogP contribution in [0.15, 0.2) is 95.7 Å². The molecule has 0 aliphatic carbocycles. The number of hydrazine groups is 2. The van der Waals surface area contributed by atoms with Gasteiger partial charge in [0.05, 0.1) is 25.4 Å². The molecule has 0 aliphatic heterocycles. The fourth-order valence-corrected chi connectivity index (χ4v) is 6.97. The number of carbonyl (C=O) groups is 4. The summed E-state index contributed by atoms with van der Waals surface area (Å²) in [5.41, 5.74) is 9.19. The van der Waals surface area contributed by atoms with Gasteiger partial charge in [-0.1, -0.05) is 12.1 Å². The molecule has 2 aromatic heterocycles. The highest BCUT2D eigenvalue weighted by molar-refractivity contribution is 7.18. The number of carboxylic acid groups (broad SMARTS) is 1. The maximum Gasteiger partial charge on any atom is 0.328 e. The zero-order chi connectivity index (χ0) is 43.2. The fourth-order valence-electron chi connectivity index (χ4n) is 5.21. The molecule has 19 heteroatoms. The lowest BCUT2D eigenvalue weighted by Gasteiger charge is -2.22. The molecule has 0 fully saturated rings. The number of carbonyl (C=O) groups excluding carboxylic acids is 3. The van der Waals surface area contributed by atoms with Gasteiger partial charge < -0.3 is 26.0 Å². The monoisotopic (exact) mass is 842 g/mol. The Bertz CT molecular complexity index is 2510. The van der Waals surface area contributed by atoms with Crippen LogP contribution in [0.4, 0.5) is 31.5 Å². The number of aliphatic hydroxyl groups excluding tert-OH is 2. The molecular weight excluding hydrogens is 807 g/mol. The molecule has 0 radical (unpaired) electrons. The van der Waals surface area contributed by atoms with E-state index in [1.54, 1.807) is 24.3 Å². The first kappa shape index (κ1) is 44.7. The Balaban J connectivity index is 0.000000219. The van der Waals surface area contributed by atoms with Crippen LogP contribution in [-0.4, -0.2) is 63.3 Å². The summed E-state index contributed by atoms with van der Waals surface area (Å²) in [6.45, 7) is 17.2. The summed E-state index contributed by atoms with van der Waals surface area (Å²) < 4.78 is 26.8. The number of halogens is 2. The largest absolute Gasteiger partial charge is 0.480 e. The van der Waals surface area contributed by atoms with Crippen LogP contribution in [0.2, 0.25) is 0 Å². The van der Waals surface area contributed by atoms with Crippen molar-refractivity contribution in [2.45, 2.75) is 38.1 Å². The Labute approximate surface area is 343 Å². The Morgan fingerprint density at radius 3 is 1.46 bits per heavy atom. The Morgan fingerprint density at radius 1 is 0.644 bits per heavy atom. The van der Waals surface area contributed by atoms with E-state index in [4.69, 9.17) is 24.1 Å². The number of nitrogen functional groups attached to an aromatic ring is 1. The van der Waals surface area contributed by atoms with Gasteiger partial charge in [-0.2, -0.15) is 22.7 Å². The third-order valence-corrected chi connectivity index (χ3v) is 10.1. The van der Waals surface area contributed by atoms with Gasteiger partial charge in [-0.15, -0.1) is 0 Å². The van der Waals surface area contributed by atoms with E-state index in [1.807, 2.05) is 28.3 Å². The molecule has 0 aliphatic rings. The van der Waals surface area contributed by atoms with Crippen molar-refractivity contribution in [3.63, 3.8) is 0 Å². The fraction of sp³-hybridized carbons (Fsp3) is 0.150. The van der Waals surface area contributed by atoms with Crippen molar-refractivity contribution in [1.29, 1.82) is 0 Å². The predicted octanol–water partition coefficient (Wildman–Crippen LogP) is 6.34. The van der Waals surface area contributed by atoms with Crippen molar-refractivity contribution in [1.82, 2.24) is 16.3 Å². The van der Waals surface area contributed by atoms with Crippen LogP contribution in [-0.2, 0) is 9.59 Å². The molecule has 0 bridgehead atoms. The summed E-state index contributed by atoms with van der Waals surface area (Å²) in [5.74, 6) is 1.17. The van der Waals surface area contributed by atoms with Gasteiger partial charge in [0.2, 0.25) is 11.4 Å². The number of rotatable bonds is 10. The third-order valence-electron chi connectivity index (χ3n) is 8.21. The van der Waals surface area contributed by atoms with E-state index < -0.39 is 53.8 Å².